The Kier molecular flexibility index (Phi) is 6.35. The van der Waals surface area contributed by atoms with Gasteiger partial charge in [-0.1, -0.05) is 29.3 Å². The largest absolute Gasteiger partial charge is 0.448 e. The summed E-state index contributed by atoms with van der Waals surface area (Å²) in [5.74, 6) is -1.66. The number of rotatable bonds is 5. The average Bonchev–Trinajstić information content (AvgIpc) is 2.99. The first-order valence-electron chi connectivity index (χ1n) is 6.97. The van der Waals surface area contributed by atoms with Gasteiger partial charge in [0, 0.05) is 12.3 Å². The number of esters is 1. The van der Waals surface area contributed by atoms with Gasteiger partial charge in [0.25, 0.3) is 5.91 Å². The van der Waals surface area contributed by atoms with Gasteiger partial charge in [-0.25, -0.2) is 9.78 Å². The van der Waals surface area contributed by atoms with Crippen LogP contribution < -0.4 is 10.6 Å². The lowest BCUT2D eigenvalue weighted by atomic mass is 10.3. The molecule has 0 fully saturated rings. The van der Waals surface area contributed by atoms with Crippen molar-refractivity contribution in [1.82, 2.24) is 4.98 Å². The van der Waals surface area contributed by atoms with Crippen LogP contribution in [0.25, 0.3) is 0 Å². The zero-order valence-corrected chi connectivity index (χ0v) is 15.5. The summed E-state index contributed by atoms with van der Waals surface area (Å²) in [4.78, 5) is 39.0. The Balaban J connectivity index is 1.98. The van der Waals surface area contributed by atoms with Crippen LogP contribution in [0.15, 0.2) is 23.6 Å². The van der Waals surface area contributed by atoms with Crippen LogP contribution in [0.2, 0.25) is 10.0 Å². The van der Waals surface area contributed by atoms with Gasteiger partial charge in [-0.3, -0.25) is 9.59 Å². The smallest absolute Gasteiger partial charge is 0.358 e. The van der Waals surface area contributed by atoms with Crippen LogP contribution in [0, 0.1) is 0 Å². The molecule has 0 spiro atoms. The number of carbonyl (C=O) groups is 3. The van der Waals surface area contributed by atoms with Crippen LogP contribution in [0.1, 0.15) is 24.3 Å². The number of hydrogen-bond donors (Lipinski definition) is 2. The molecule has 1 aromatic heterocycles. The Hall–Kier alpha value is -2.16. The van der Waals surface area contributed by atoms with E-state index in [2.05, 4.69) is 15.6 Å². The van der Waals surface area contributed by atoms with Crippen molar-refractivity contribution in [3.05, 3.63) is 39.3 Å². The number of nitrogens with one attached hydrogen (secondary N) is 2. The number of ether oxygens (including phenoxy) is 1. The molecule has 10 heteroatoms. The summed E-state index contributed by atoms with van der Waals surface area (Å²) in [6, 6.07) is 4.78. The van der Waals surface area contributed by atoms with E-state index in [0.29, 0.717) is 5.69 Å². The molecule has 1 unspecified atom stereocenters. The highest BCUT2D eigenvalue weighted by molar-refractivity contribution is 7.14. The summed E-state index contributed by atoms with van der Waals surface area (Å²) in [7, 11) is 0. The van der Waals surface area contributed by atoms with E-state index in [0.717, 1.165) is 11.3 Å². The van der Waals surface area contributed by atoms with Crippen LogP contribution in [0.3, 0.4) is 0 Å². The number of hydrogen-bond acceptors (Lipinski definition) is 6. The van der Waals surface area contributed by atoms with E-state index in [1.165, 1.54) is 19.2 Å². The van der Waals surface area contributed by atoms with Gasteiger partial charge in [-0.15, -0.1) is 11.3 Å². The summed E-state index contributed by atoms with van der Waals surface area (Å²) in [5.41, 5.74) is 0.304. The maximum Gasteiger partial charge on any atom is 0.358 e. The zero-order valence-electron chi connectivity index (χ0n) is 13.1. The molecule has 0 aliphatic rings. The number of benzene rings is 1. The predicted molar refractivity (Wildman–Crippen MR) is 96.4 cm³/mol. The first-order chi connectivity index (χ1) is 11.8. The van der Waals surface area contributed by atoms with Gasteiger partial charge in [0.15, 0.2) is 16.9 Å². The zero-order chi connectivity index (χ0) is 18.6. The monoisotopic (exact) mass is 401 g/mol. The molecule has 0 aliphatic heterocycles. The lowest BCUT2D eigenvalue weighted by Gasteiger charge is -2.14. The number of amides is 2. The third-order valence-corrected chi connectivity index (χ3v) is 4.44. The third kappa shape index (κ3) is 5.15. The van der Waals surface area contributed by atoms with E-state index >= 15 is 0 Å². The van der Waals surface area contributed by atoms with Crippen LogP contribution in [0.4, 0.5) is 10.8 Å². The topological polar surface area (TPSA) is 97.4 Å². The highest BCUT2D eigenvalue weighted by Crippen LogP contribution is 2.29. The molecule has 2 aromatic rings. The minimum atomic E-state index is -1.09. The molecule has 7 nitrogen and oxygen atoms in total. The summed E-state index contributed by atoms with van der Waals surface area (Å²) in [5, 5.41) is 7.15. The van der Waals surface area contributed by atoms with Crippen molar-refractivity contribution in [3.8, 4) is 0 Å². The highest BCUT2D eigenvalue weighted by Gasteiger charge is 2.22. The van der Waals surface area contributed by atoms with Crippen LogP contribution >= 0.6 is 34.5 Å². The fraction of sp³-hybridized carbons (Fsp3) is 0.200. The molecular formula is C15H13Cl2N3O4S. The van der Waals surface area contributed by atoms with Gasteiger partial charge in [0.2, 0.25) is 5.91 Å². The average molecular weight is 402 g/mol. The molecule has 25 heavy (non-hydrogen) atoms. The van der Waals surface area contributed by atoms with Crippen molar-refractivity contribution in [2.45, 2.75) is 20.0 Å². The minimum Gasteiger partial charge on any atom is -0.448 e. The molecule has 0 bridgehead atoms. The molecule has 0 aliphatic carbocycles. The Morgan fingerprint density at radius 1 is 1.24 bits per heavy atom. The number of anilines is 2. The van der Waals surface area contributed by atoms with E-state index < -0.39 is 18.0 Å². The standard InChI is InChI=1S/C15H13Cl2N3O4S/c1-7(13(22)19-10-5-3-4-9(16)12(10)17)24-14(23)11-6-25-15(20-11)18-8(2)21/h3-7H,1-2H3,(H,19,22)(H,18,20,21). The molecule has 1 heterocycles. The van der Waals surface area contributed by atoms with E-state index in [9.17, 15) is 14.4 Å². The molecule has 1 aromatic carbocycles. The van der Waals surface area contributed by atoms with Crippen molar-refractivity contribution in [2.75, 3.05) is 10.6 Å². The van der Waals surface area contributed by atoms with Crippen molar-refractivity contribution in [2.24, 2.45) is 0 Å². The number of halogens is 2. The van der Waals surface area contributed by atoms with Crippen molar-refractivity contribution in [1.29, 1.82) is 0 Å². The van der Waals surface area contributed by atoms with E-state index in [1.54, 1.807) is 18.2 Å². The van der Waals surface area contributed by atoms with Crippen molar-refractivity contribution in [3.63, 3.8) is 0 Å². The molecule has 2 amide bonds. The minimum absolute atomic E-state index is 0.00538. The number of aromatic nitrogens is 1. The Morgan fingerprint density at radius 2 is 1.96 bits per heavy atom. The summed E-state index contributed by atoms with van der Waals surface area (Å²) >= 11 is 12.9. The SMILES string of the molecule is CC(=O)Nc1nc(C(=O)OC(C)C(=O)Nc2cccc(Cl)c2Cl)cs1. The Bertz CT molecular complexity index is 825. The van der Waals surface area contributed by atoms with Gasteiger partial charge in [0.05, 0.1) is 15.7 Å². The molecule has 1 atom stereocenters. The van der Waals surface area contributed by atoms with Crippen molar-refractivity contribution >= 4 is 63.1 Å². The van der Waals surface area contributed by atoms with E-state index in [-0.39, 0.29) is 26.8 Å². The number of thiazole rings is 1. The molecular weight excluding hydrogens is 389 g/mol. The molecule has 2 N–H and O–H groups in total. The van der Waals surface area contributed by atoms with Gasteiger partial charge in [-0.2, -0.15) is 0 Å². The number of carbonyl (C=O) groups excluding carboxylic acids is 3. The summed E-state index contributed by atoms with van der Waals surface area (Å²) < 4.78 is 5.06. The molecule has 0 saturated carbocycles. The second-order valence-electron chi connectivity index (χ2n) is 4.86. The Labute approximate surface area is 157 Å². The molecule has 2 rings (SSSR count). The molecule has 0 radical (unpaired) electrons. The third-order valence-electron chi connectivity index (χ3n) is 2.86. The second kappa shape index (κ2) is 8.28. The Morgan fingerprint density at radius 3 is 2.64 bits per heavy atom. The summed E-state index contributed by atoms with van der Waals surface area (Å²) in [6.07, 6.45) is -1.09. The normalized spacial score (nSPS) is 11.5. The quantitative estimate of drug-likeness (QED) is 0.745. The molecule has 132 valence electrons. The second-order valence-corrected chi connectivity index (χ2v) is 6.50. The van der Waals surface area contributed by atoms with Crippen LogP contribution in [-0.4, -0.2) is 28.9 Å². The van der Waals surface area contributed by atoms with Crippen molar-refractivity contribution < 1.29 is 19.1 Å². The first-order valence-corrected chi connectivity index (χ1v) is 8.60. The predicted octanol–water partition coefficient (Wildman–Crippen LogP) is 3.59. The number of nitrogens with zero attached hydrogens (tertiary/aromatic N) is 1. The van der Waals surface area contributed by atoms with Gasteiger partial charge in [-0.05, 0) is 19.1 Å². The first kappa shape index (κ1) is 19.2. The lowest BCUT2D eigenvalue weighted by molar-refractivity contribution is -0.123. The highest BCUT2D eigenvalue weighted by atomic mass is 35.5. The lowest BCUT2D eigenvalue weighted by Crippen LogP contribution is -2.30. The maximum absolute atomic E-state index is 12.1. The van der Waals surface area contributed by atoms with Gasteiger partial charge < -0.3 is 15.4 Å². The van der Waals surface area contributed by atoms with Crippen LogP contribution in [0.5, 0.6) is 0 Å². The van der Waals surface area contributed by atoms with E-state index in [1.807, 2.05) is 0 Å². The fourth-order valence-corrected chi connectivity index (χ4v) is 2.76. The summed E-state index contributed by atoms with van der Waals surface area (Å²) in [6.45, 7) is 2.74. The van der Waals surface area contributed by atoms with Gasteiger partial charge >= 0.3 is 5.97 Å². The van der Waals surface area contributed by atoms with Gasteiger partial charge in [0.1, 0.15) is 0 Å². The fourth-order valence-electron chi connectivity index (χ4n) is 1.68. The van der Waals surface area contributed by atoms with Crippen LogP contribution in [-0.2, 0) is 14.3 Å². The molecule has 0 saturated heterocycles. The maximum atomic E-state index is 12.1. The van der Waals surface area contributed by atoms with E-state index in [4.69, 9.17) is 27.9 Å².